The number of benzene rings is 1. The van der Waals surface area contributed by atoms with E-state index in [2.05, 4.69) is 20.0 Å². The van der Waals surface area contributed by atoms with E-state index in [0.29, 0.717) is 22.2 Å². The SMILES string of the molecule is CCOC(=O)c1cc(N)cc(Cl)c1NCc1ncon1. The van der Waals surface area contributed by atoms with Crippen LogP contribution in [0.5, 0.6) is 0 Å². The first-order valence-electron chi connectivity index (χ1n) is 5.87. The molecule has 2 rings (SSSR count). The molecular weight excluding hydrogens is 284 g/mol. The van der Waals surface area contributed by atoms with Gasteiger partial charge in [0.05, 0.1) is 29.4 Å². The van der Waals surface area contributed by atoms with Gasteiger partial charge < -0.3 is 20.3 Å². The van der Waals surface area contributed by atoms with E-state index in [0.717, 1.165) is 0 Å². The van der Waals surface area contributed by atoms with Gasteiger partial charge in [0.25, 0.3) is 0 Å². The number of anilines is 2. The van der Waals surface area contributed by atoms with Crippen molar-refractivity contribution in [3.63, 3.8) is 0 Å². The number of nitrogens with two attached hydrogens (primary N) is 1. The van der Waals surface area contributed by atoms with Gasteiger partial charge in [-0.3, -0.25) is 0 Å². The number of ether oxygens (including phenoxy) is 1. The highest BCUT2D eigenvalue weighted by Crippen LogP contribution is 2.30. The fourth-order valence-corrected chi connectivity index (χ4v) is 1.91. The molecule has 0 unspecified atom stereocenters. The van der Waals surface area contributed by atoms with Gasteiger partial charge in [-0.25, -0.2) is 4.79 Å². The Morgan fingerprint density at radius 1 is 1.55 bits per heavy atom. The predicted molar refractivity (Wildman–Crippen MR) is 73.4 cm³/mol. The Kier molecular flexibility index (Phi) is 4.41. The van der Waals surface area contributed by atoms with Crippen molar-refractivity contribution in [3.8, 4) is 0 Å². The van der Waals surface area contributed by atoms with E-state index in [1.807, 2.05) is 0 Å². The topological polar surface area (TPSA) is 103 Å². The summed E-state index contributed by atoms with van der Waals surface area (Å²) in [6.07, 6.45) is 1.22. The molecule has 0 aliphatic rings. The molecule has 106 valence electrons. The van der Waals surface area contributed by atoms with Crippen molar-refractivity contribution in [2.75, 3.05) is 17.7 Å². The predicted octanol–water partition coefficient (Wildman–Crippen LogP) is 2.09. The van der Waals surface area contributed by atoms with Crippen LogP contribution in [0.4, 0.5) is 11.4 Å². The maximum atomic E-state index is 11.9. The summed E-state index contributed by atoms with van der Waals surface area (Å²) in [4.78, 5) is 15.8. The Hall–Kier alpha value is -2.28. The minimum Gasteiger partial charge on any atom is -0.462 e. The van der Waals surface area contributed by atoms with Gasteiger partial charge in [-0.1, -0.05) is 16.8 Å². The summed E-state index contributed by atoms with van der Waals surface area (Å²) in [5.41, 5.74) is 6.76. The molecule has 0 atom stereocenters. The summed E-state index contributed by atoms with van der Waals surface area (Å²) in [7, 11) is 0. The highest BCUT2D eigenvalue weighted by atomic mass is 35.5. The molecule has 1 aromatic carbocycles. The molecular formula is C12H13ClN4O3. The lowest BCUT2D eigenvalue weighted by molar-refractivity contribution is 0.0527. The first-order valence-corrected chi connectivity index (χ1v) is 6.25. The number of hydrogen-bond donors (Lipinski definition) is 2. The van der Waals surface area contributed by atoms with E-state index < -0.39 is 5.97 Å². The van der Waals surface area contributed by atoms with Crippen molar-refractivity contribution in [1.82, 2.24) is 10.1 Å². The Labute approximate surface area is 120 Å². The zero-order chi connectivity index (χ0) is 14.5. The standard InChI is InChI=1S/C12H13ClN4O3/c1-2-19-12(18)8-3-7(14)4-9(13)11(8)15-5-10-16-6-20-17-10/h3-4,6,15H,2,5,14H2,1H3. The zero-order valence-electron chi connectivity index (χ0n) is 10.7. The monoisotopic (exact) mass is 296 g/mol. The highest BCUT2D eigenvalue weighted by Gasteiger charge is 2.17. The van der Waals surface area contributed by atoms with Crippen LogP contribution in [0.1, 0.15) is 23.1 Å². The van der Waals surface area contributed by atoms with Crippen LogP contribution in [-0.4, -0.2) is 22.7 Å². The Morgan fingerprint density at radius 2 is 2.35 bits per heavy atom. The van der Waals surface area contributed by atoms with E-state index in [1.165, 1.54) is 12.5 Å². The van der Waals surface area contributed by atoms with Crippen LogP contribution >= 0.6 is 11.6 Å². The van der Waals surface area contributed by atoms with Crippen LogP contribution in [0, 0.1) is 0 Å². The summed E-state index contributed by atoms with van der Waals surface area (Å²) >= 11 is 6.10. The second kappa shape index (κ2) is 6.25. The third-order valence-corrected chi connectivity index (χ3v) is 2.74. The van der Waals surface area contributed by atoms with Crippen LogP contribution in [0.2, 0.25) is 5.02 Å². The number of halogens is 1. The lowest BCUT2D eigenvalue weighted by Gasteiger charge is -2.13. The Bertz CT molecular complexity index is 601. The third kappa shape index (κ3) is 3.18. The van der Waals surface area contributed by atoms with Gasteiger partial charge >= 0.3 is 5.97 Å². The first-order chi connectivity index (χ1) is 9.61. The molecule has 0 saturated heterocycles. The fraction of sp³-hybridized carbons (Fsp3) is 0.250. The van der Waals surface area contributed by atoms with Gasteiger partial charge in [0.15, 0.2) is 5.82 Å². The summed E-state index contributed by atoms with van der Waals surface area (Å²) in [5.74, 6) is -0.0648. The van der Waals surface area contributed by atoms with Crippen molar-refractivity contribution >= 4 is 28.9 Å². The number of hydrogen-bond acceptors (Lipinski definition) is 7. The largest absolute Gasteiger partial charge is 0.462 e. The molecule has 0 saturated carbocycles. The molecule has 0 fully saturated rings. The lowest BCUT2D eigenvalue weighted by Crippen LogP contribution is -2.11. The third-order valence-electron chi connectivity index (χ3n) is 2.44. The van der Waals surface area contributed by atoms with Crippen molar-refractivity contribution in [1.29, 1.82) is 0 Å². The van der Waals surface area contributed by atoms with E-state index >= 15 is 0 Å². The number of nitrogens with zero attached hydrogens (tertiary/aromatic N) is 2. The van der Waals surface area contributed by atoms with Gasteiger partial charge in [0, 0.05) is 5.69 Å². The molecule has 0 amide bonds. The summed E-state index contributed by atoms with van der Waals surface area (Å²) in [6.45, 7) is 2.24. The summed E-state index contributed by atoms with van der Waals surface area (Å²) < 4.78 is 9.60. The molecule has 1 heterocycles. The summed E-state index contributed by atoms with van der Waals surface area (Å²) in [5, 5.41) is 6.95. The number of nitrogens with one attached hydrogen (secondary N) is 1. The zero-order valence-corrected chi connectivity index (χ0v) is 11.5. The number of rotatable bonds is 5. The second-order valence-corrected chi connectivity index (χ2v) is 4.25. The van der Waals surface area contributed by atoms with Crippen LogP contribution in [0.3, 0.4) is 0 Å². The van der Waals surface area contributed by atoms with E-state index in [9.17, 15) is 4.79 Å². The number of carbonyl (C=O) groups excluding carboxylic acids is 1. The van der Waals surface area contributed by atoms with E-state index in [1.54, 1.807) is 13.0 Å². The molecule has 0 spiro atoms. The van der Waals surface area contributed by atoms with Crippen molar-refractivity contribution in [2.45, 2.75) is 13.5 Å². The van der Waals surface area contributed by atoms with Crippen LogP contribution in [-0.2, 0) is 11.3 Å². The van der Waals surface area contributed by atoms with Crippen molar-refractivity contribution in [3.05, 3.63) is 34.9 Å². The van der Waals surface area contributed by atoms with Crippen LogP contribution in [0.15, 0.2) is 23.0 Å². The van der Waals surface area contributed by atoms with Gasteiger partial charge in [0.1, 0.15) is 0 Å². The molecule has 7 nitrogen and oxygen atoms in total. The van der Waals surface area contributed by atoms with Gasteiger partial charge in [0.2, 0.25) is 6.39 Å². The Morgan fingerprint density at radius 3 is 3.00 bits per heavy atom. The average molecular weight is 297 g/mol. The molecule has 0 aliphatic carbocycles. The molecule has 8 heteroatoms. The molecule has 20 heavy (non-hydrogen) atoms. The maximum absolute atomic E-state index is 11.9. The normalized spacial score (nSPS) is 10.3. The number of esters is 1. The van der Waals surface area contributed by atoms with Crippen molar-refractivity contribution < 1.29 is 14.1 Å². The molecule has 2 aromatic rings. The van der Waals surface area contributed by atoms with Crippen molar-refractivity contribution in [2.24, 2.45) is 0 Å². The summed E-state index contributed by atoms with van der Waals surface area (Å²) in [6, 6.07) is 3.05. The maximum Gasteiger partial charge on any atom is 0.340 e. The number of aromatic nitrogens is 2. The molecule has 0 bridgehead atoms. The molecule has 0 aliphatic heterocycles. The number of carbonyl (C=O) groups is 1. The first kappa shape index (κ1) is 14.1. The van der Waals surface area contributed by atoms with Gasteiger partial charge in [-0.2, -0.15) is 4.98 Å². The fourth-order valence-electron chi connectivity index (χ4n) is 1.61. The Balaban J connectivity index is 2.27. The molecule has 3 N–H and O–H groups in total. The van der Waals surface area contributed by atoms with Gasteiger partial charge in [-0.05, 0) is 19.1 Å². The smallest absolute Gasteiger partial charge is 0.340 e. The lowest BCUT2D eigenvalue weighted by atomic mass is 10.1. The minimum absolute atomic E-state index is 0.256. The van der Waals surface area contributed by atoms with Gasteiger partial charge in [-0.15, -0.1) is 0 Å². The van der Waals surface area contributed by atoms with E-state index in [-0.39, 0.29) is 18.7 Å². The second-order valence-electron chi connectivity index (χ2n) is 3.85. The van der Waals surface area contributed by atoms with Crippen LogP contribution in [0.25, 0.3) is 0 Å². The van der Waals surface area contributed by atoms with Crippen LogP contribution < -0.4 is 11.1 Å². The van der Waals surface area contributed by atoms with E-state index in [4.69, 9.17) is 22.1 Å². The highest BCUT2D eigenvalue weighted by molar-refractivity contribution is 6.34. The molecule has 0 radical (unpaired) electrons. The molecule has 1 aromatic heterocycles. The minimum atomic E-state index is -0.502. The average Bonchev–Trinajstić information content (AvgIpc) is 2.90. The number of nitrogen functional groups attached to an aromatic ring is 1. The quantitative estimate of drug-likeness (QED) is 0.643.